The molecule has 1 aliphatic rings. The minimum atomic E-state index is -1.18. The van der Waals surface area contributed by atoms with Crippen LogP contribution in [0.4, 0.5) is 0 Å². The van der Waals surface area contributed by atoms with Crippen molar-refractivity contribution < 1.29 is 19.8 Å². The lowest BCUT2D eigenvalue weighted by molar-refractivity contribution is -0.162. The first-order valence-corrected chi connectivity index (χ1v) is 4.48. The Kier molecular flexibility index (Phi) is 3.43. The van der Waals surface area contributed by atoms with Crippen LogP contribution >= 0.6 is 0 Å². The smallest absolute Gasteiger partial charge is 0.329 e. The van der Waals surface area contributed by atoms with Crippen molar-refractivity contribution in [2.24, 2.45) is 5.73 Å². The number of hydrogen-bond acceptors (Lipinski definition) is 4. The molecule has 0 aromatic carbocycles. The lowest BCUT2D eigenvalue weighted by Crippen LogP contribution is -2.58. The number of rotatable bonds is 5. The zero-order valence-corrected chi connectivity index (χ0v) is 7.72. The van der Waals surface area contributed by atoms with Gasteiger partial charge < -0.3 is 20.8 Å². The quantitative estimate of drug-likeness (QED) is 0.465. The molecule has 0 radical (unpaired) electrons. The Bertz CT molecular complexity index is 243. The molecule has 0 spiro atoms. The summed E-state index contributed by atoms with van der Waals surface area (Å²) < 4.78 is 0. The number of carbonyl (C=O) groups excluding carboxylic acids is 1. The number of carbonyl (C=O) groups is 2. The first-order chi connectivity index (χ1) is 6.57. The molecule has 0 aliphatic carbocycles. The average Bonchev–Trinajstić information content (AvgIpc) is 2.11. The number of β-lactam (4-membered cyclic amide) rings is 1. The molecule has 1 rings (SSSR count). The van der Waals surface area contributed by atoms with E-state index in [0.29, 0.717) is 13.0 Å². The molecule has 0 aromatic rings. The zero-order chi connectivity index (χ0) is 10.7. The molecular weight excluding hydrogens is 188 g/mol. The molecule has 6 heteroatoms. The van der Waals surface area contributed by atoms with Crippen molar-refractivity contribution in [3.8, 4) is 0 Å². The van der Waals surface area contributed by atoms with Crippen molar-refractivity contribution in [2.75, 3.05) is 13.1 Å². The van der Waals surface area contributed by atoms with Gasteiger partial charge in [-0.25, -0.2) is 4.79 Å². The van der Waals surface area contributed by atoms with Gasteiger partial charge in [-0.2, -0.15) is 0 Å². The van der Waals surface area contributed by atoms with Crippen LogP contribution in [-0.2, 0) is 9.59 Å². The fourth-order valence-electron chi connectivity index (χ4n) is 1.46. The Hall–Kier alpha value is -1.14. The normalized spacial score (nSPS) is 20.1. The standard InChI is InChI=1S/C8H14N2O4/c9-3-1-5(11)7(8(13)14)10-4-2-6(10)12/h5,7,11H,1-4,9H2,(H,13,14)/t5-,7+/m1/s1. The summed E-state index contributed by atoms with van der Waals surface area (Å²) in [4.78, 5) is 23.0. The van der Waals surface area contributed by atoms with Crippen molar-refractivity contribution in [1.82, 2.24) is 4.90 Å². The topological polar surface area (TPSA) is 104 Å². The van der Waals surface area contributed by atoms with Gasteiger partial charge in [-0.05, 0) is 13.0 Å². The summed E-state index contributed by atoms with van der Waals surface area (Å²) in [6.07, 6.45) is -0.540. The third-order valence-electron chi connectivity index (χ3n) is 2.30. The molecule has 1 fully saturated rings. The highest BCUT2D eigenvalue weighted by Gasteiger charge is 2.39. The van der Waals surface area contributed by atoms with Crippen LogP contribution in [0.15, 0.2) is 0 Å². The minimum absolute atomic E-state index is 0.181. The van der Waals surface area contributed by atoms with Gasteiger partial charge in [0.05, 0.1) is 6.10 Å². The van der Waals surface area contributed by atoms with E-state index in [1.54, 1.807) is 0 Å². The summed E-state index contributed by atoms with van der Waals surface area (Å²) in [5, 5.41) is 18.3. The first-order valence-electron chi connectivity index (χ1n) is 4.48. The molecular formula is C8H14N2O4. The summed E-state index contributed by atoms with van der Waals surface area (Å²) >= 11 is 0. The maximum Gasteiger partial charge on any atom is 0.329 e. The number of aliphatic hydroxyl groups excluding tert-OH is 1. The lowest BCUT2D eigenvalue weighted by atomic mass is 10.0. The van der Waals surface area contributed by atoms with E-state index in [-0.39, 0.29) is 18.9 Å². The van der Waals surface area contributed by atoms with Gasteiger partial charge in [0.1, 0.15) is 0 Å². The average molecular weight is 202 g/mol. The summed E-state index contributed by atoms with van der Waals surface area (Å²) in [6.45, 7) is 0.602. The number of nitrogens with two attached hydrogens (primary N) is 1. The summed E-state index contributed by atoms with van der Waals surface area (Å²) in [6, 6.07) is -1.14. The fraction of sp³-hybridized carbons (Fsp3) is 0.750. The van der Waals surface area contributed by atoms with Crippen LogP contribution in [-0.4, -0.2) is 52.2 Å². The number of likely N-dealkylation sites (tertiary alicyclic amines) is 1. The molecule has 80 valence electrons. The Morgan fingerprint density at radius 1 is 1.64 bits per heavy atom. The van der Waals surface area contributed by atoms with Crippen molar-refractivity contribution in [3.05, 3.63) is 0 Å². The van der Waals surface area contributed by atoms with E-state index in [9.17, 15) is 14.7 Å². The lowest BCUT2D eigenvalue weighted by Gasteiger charge is -2.37. The Morgan fingerprint density at radius 2 is 2.29 bits per heavy atom. The van der Waals surface area contributed by atoms with Crippen LogP contribution < -0.4 is 5.73 Å². The molecule has 6 nitrogen and oxygen atoms in total. The van der Waals surface area contributed by atoms with Gasteiger partial charge in [0.2, 0.25) is 5.91 Å². The number of hydrogen-bond donors (Lipinski definition) is 3. The molecule has 0 bridgehead atoms. The zero-order valence-electron chi connectivity index (χ0n) is 7.72. The molecule has 1 aliphatic heterocycles. The van der Waals surface area contributed by atoms with Crippen LogP contribution in [0.2, 0.25) is 0 Å². The van der Waals surface area contributed by atoms with E-state index in [2.05, 4.69) is 0 Å². The largest absolute Gasteiger partial charge is 0.480 e. The Balaban J connectivity index is 2.63. The van der Waals surface area contributed by atoms with E-state index in [0.717, 1.165) is 0 Å². The van der Waals surface area contributed by atoms with E-state index in [1.165, 1.54) is 4.90 Å². The van der Waals surface area contributed by atoms with E-state index >= 15 is 0 Å². The summed E-state index contributed by atoms with van der Waals surface area (Å²) in [7, 11) is 0. The molecule has 14 heavy (non-hydrogen) atoms. The highest BCUT2D eigenvalue weighted by Crippen LogP contribution is 2.17. The van der Waals surface area contributed by atoms with Crippen LogP contribution in [0, 0.1) is 0 Å². The van der Waals surface area contributed by atoms with Gasteiger partial charge in [0.25, 0.3) is 0 Å². The van der Waals surface area contributed by atoms with Crippen LogP contribution in [0.1, 0.15) is 12.8 Å². The number of nitrogens with zero attached hydrogens (tertiary/aromatic N) is 1. The predicted molar refractivity (Wildman–Crippen MR) is 47.4 cm³/mol. The number of carboxylic acids is 1. The van der Waals surface area contributed by atoms with Gasteiger partial charge in [0.15, 0.2) is 6.04 Å². The molecule has 2 atom stereocenters. The predicted octanol–water partition coefficient (Wildman–Crippen LogP) is -1.62. The maximum absolute atomic E-state index is 11.0. The highest BCUT2D eigenvalue weighted by atomic mass is 16.4. The fourth-order valence-corrected chi connectivity index (χ4v) is 1.46. The highest BCUT2D eigenvalue weighted by molar-refractivity contribution is 5.87. The van der Waals surface area contributed by atoms with Crippen molar-refractivity contribution in [1.29, 1.82) is 0 Å². The van der Waals surface area contributed by atoms with Crippen molar-refractivity contribution >= 4 is 11.9 Å². The van der Waals surface area contributed by atoms with Gasteiger partial charge in [-0.1, -0.05) is 0 Å². The molecule has 1 saturated heterocycles. The monoisotopic (exact) mass is 202 g/mol. The number of amides is 1. The van der Waals surface area contributed by atoms with Crippen molar-refractivity contribution in [3.63, 3.8) is 0 Å². The molecule has 0 unspecified atom stereocenters. The number of carboxylic acid groups (broad SMARTS) is 1. The molecule has 4 N–H and O–H groups in total. The van der Waals surface area contributed by atoms with Crippen LogP contribution in [0.3, 0.4) is 0 Å². The summed E-state index contributed by atoms with van der Waals surface area (Å²) in [5.74, 6) is -1.41. The molecule has 1 heterocycles. The summed E-state index contributed by atoms with van der Waals surface area (Å²) in [5.41, 5.74) is 5.21. The number of aliphatic hydroxyl groups is 1. The second-order valence-corrected chi connectivity index (χ2v) is 3.26. The minimum Gasteiger partial charge on any atom is -0.480 e. The van der Waals surface area contributed by atoms with Gasteiger partial charge in [-0.3, -0.25) is 4.79 Å². The van der Waals surface area contributed by atoms with E-state index < -0.39 is 18.1 Å². The Labute approximate surface area is 81.3 Å². The molecule has 1 amide bonds. The SMILES string of the molecule is NCC[C@@H](O)[C@@H](C(=O)O)N1CCC1=O. The molecule has 0 aromatic heterocycles. The number of aliphatic carboxylic acids is 1. The van der Waals surface area contributed by atoms with E-state index in [4.69, 9.17) is 10.8 Å². The first kappa shape index (κ1) is 10.9. The third kappa shape index (κ3) is 2.02. The van der Waals surface area contributed by atoms with Gasteiger partial charge in [-0.15, -0.1) is 0 Å². The second-order valence-electron chi connectivity index (χ2n) is 3.26. The van der Waals surface area contributed by atoms with Gasteiger partial charge in [0, 0.05) is 13.0 Å². The third-order valence-corrected chi connectivity index (χ3v) is 2.30. The maximum atomic E-state index is 11.0. The van der Waals surface area contributed by atoms with Gasteiger partial charge >= 0.3 is 5.97 Å². The Morgan fingerprint density at radius 3 is 2.57 bits per heavy atom. The second kappa shape index (κ2) is 4.39. The molecule has 0 saturated carbocycles. The van der Waals surface area contributed by atoms with Crippen LogP contribution in [0.5, 0.6) is 0 Å². The van der Waals surface area contributed by atoms with E-state index in [1.807, 2.05) is 0 Å². The van der Waals surface area contributed by atoms with Crippen molar-refractivity contribution in [2.45, 2.75) is 25.0 Å². The van der Waals surface area contributed by atoms with Crippen LogP contribution in [0.25, 0.3) is 0 Å².